The molecule has 1 atom stereocenters. The van der Waals surface area contributed by atoms with Crippen LogP contribution in [0.1, 0.15) is 24.4 Å². The number of benzene rings is 2. The number of amides is 2. The summed E-state index contributed by atoms with van der Waals surface area (Å²) in [6.45, 7) is 1.62. The number of fused-ring (bicyclic) bond motifs is 1. The first-order chi connectivity index (χ1) is 12.2. The van der Waals surface area contributed by atoms with Crippen LogP contribution in [-0.4, -0.2) is 30.7 Å². The molecule has 25 heavy (non-hydrogen) atoms. The Labute approximate surface area is 145 Å². The van der Waals surface area contributed by atoms with Crippen molar-refractivity contribution in [2.75, 3.05) is 25.1 Å². The fraction of sp³-hybridized carbons (Fsp3) is 0.316. The van der Waals surface area contributed by atoms with E-state index in [0.29, 0.717) is 42.5 Å². The molecule has 2 amide bonds. The van der Waals surface area contributed by atoms with Crippen molar-refractivity contribution in [1.29, 1.82) is 0 Å². The molecule has 130 valence electrons. The van der Waals surface area contributed by atoms with E-state index in [-0.39, 0.29) is 17.9 Å². The van der Waals surface area contributed by atoms with Crippen LogP contribution in [0.5, 0.6) is 11.5 Å². The van der Waals surface area contributed by atoms with Gasteiger partial charge in [0.25, 0.3) is 0 Å². The van der Waals surface area contributed by atoms with Gasteiger partial charge in [0.2, 0.25) is 0 Å². The highest BCUT2D eigenvalue weighted by atomic mass is 19.1. The Balaban J connectivity index is 1.51. The van der Waals surface area contributed by atoms with Crippen LogP contribution in [0.4, 0.5) is 14.9 Å². The summed E-state index contributed by atoms with van der Waals surface area (Å²) in [5, 5.41) is 2.88. The number of ether oxygens (including phenoxy) is 2. The number of carbonyl (C=O) groups excluding carboxylic acids is 1. The molecule has 6 heteroatoms. The highest BCUT2D eigenvalue weighted by molar-refractivity contribution is 5.90. The lowest BCUT2D eigenvalue weighted by Gasteiger charge is -2.26. The SMILES string of the molecule is O=C(Nc1ccc2c(c1)OCCO2)N1CCCC1c1ccccc1F. The van der Waals surface area contributed by atoms with Crippen molar-refractivity contribution in [2.24, 2.45) is 0 Å². The monoisotopic (exact) mass is 342 g/mol. The minimum atomic E-state index is -0.272. The summed E-state index contributed by atoms with van der Waals surface area (Å²) >= 11 is 0. The highest BCUT2D eigenvalue weighted by Gasteiger charge is 2.31. The zero-order valence-corrected chi connectivity index (χ0v) is 13.7. The van der Waals surface area contributed by atoms with E-state index in [1.807, 2.05) is 0 Å². The molecule has 1 saturated heterocycles. The van der Waals surface area contributed by atoms with E-state index in [0.717, 1.165) is 12.8 Å². The van der Waals surface area contributed by atoms with Gasteiger partial charge in [-0.05, 0) is 31.0 Å². The quantitative estimate of drug-likeness (QED) is 0.898. The van der Waals surface area contributed by atoms with Crippen LogP contribution >= 0.6 is 0 Å². The third-order valence-corrected chi connectivity index (χ3v) is 4.57. The molecule has 0 radical (unpaired) electrons. The maximum Gasteiger partial charge on any atom is 0.322 e. The van der Waals surface area contributed by atoms with Gasteiger partial charge in [-0.1, -0.05) is 18.2 Å². The maximum atomic E-state index is 14.1. The summed E-state index contributed by atoms with van der Waals surface area (Å²) in [7, 11) is 0. The summed E-state index contributed by atoms with van der Waals surface area (Å²) in [4.78, 5) is 14.4. The number of anilines is 1. The summed E-state index contributed by atoms with van der Waals surface area (Å²) in [6, 6.07) is 11.5. The smallest absolute Gasteiger partial charge is 0.322 e. The minimum absolute atomic E-state index is 0.234. The van der Waals surface area contributed by atoms with E-state index in [1.165, 1.54) is 6.07 Å². The number of likely N-dealkylation sites (tertiary alicyclic amines) is 1. The first kappa shape index (κ1) is 15.7. The van der Waals surface area contributed by atoms with Crippen molar-refractivity contribution < 1.29 is 18.7 Å². The fourth-order valence-corrected chi connectivity index (χ4v) is 3.39. The minimum Gasteiger partial charge on any atom is -0.486 e. The topological polar surface area (TPSA) is 50.8 Å². The van der Waals surface area contributed by atoms with Crippen LogP contribution in [0.25, 0.3) is 0 Å². The van der Waals surface area contributed by atoms with Gasteiger partial charge >= 0.3 is 6.03 Å². The number of halogens is 1. The molecule has 2 aliphatic rings. The van der Waals surface area contributed by atoms with Crippen molar-refractivity contribution in [2.45, 2.75) is 18.9 Å². The van der Waals surface area contributed by atoms with Gasteiger partial charge in [-0.15, -0.1) is 0 Å². The molecule has 1 fully saturated rings. The van der Waals surface area contributed by atoms with Crippen LogP contribution in [0.15, 0.2) is 42.5 Å². The normalized spacial score (nSPS) is 18.9. The largest absolute Gasteiger partial charge is 0.486 e. The zero-order chi connectivity index (χ0) is 17.2. The van der Waals surface area contributed by atoms with Crippen LogP contribution in [0, 0.1) is 5.82 Å². The molecule has 4 rings (SSSR count). The molecular weight excluding hydrogens is 323 g/mol. The van der Waals surface area contributed by atoms with Gasteiger partial charge in [0.05, 0.1) is 6.04 Å². The van der Waals surface area contributed by atoms with Gasteiger partial charge in [-0.25, -0.2) is 9.18 Å². The Bertz CT molecular complexity index is 796. The molecule has 2 aromatic carbocycles. The van der Waals surface area contributed by atoms with E-state index in [9.17, 15) is 9.18 Å². The molecule has 1 N–H and O–H groups in total. The molecule has 2 aromatic rings. The number of urea groups is 1. The molecule has 0 bridgehead atoms. The van der Waals surface area contributed by atoms with E-state index in [1.54, 1.807) is 41.3 Å². The third-order valence-electron chi connectivity index (χ3n) is 4.57. The molecule has 0 aliphatic carbocycles. The van der Waals surface area contributed by atoms with Gasteiger partial charge in [-0.3, -0.25) is 0 Å². The Kier molecular flexibility index (Phi) is 4.17. The number of rotatable bonds is 2. The second-order valence-corrected chi connectivity index (χ2v) is 6.16. The summed E-state index contributed by atoms with van der Waals surface area (Å²) in [5.41, 5.74) is 1.20. The number of nitrogens with one attached hydrogen (secondary N) is 1. The van der Waals surface area contributed by atoms with Crippen LogP contribution < -0.4 is 14.8 Å². The van der Waals surface area contributed by atoms with E-state index in [4.69, 9.17) is 9.47 Å². The molecule has 2 heterocycles. The van der Waals surface area contributed by atoms with E-state index in [2.05, 4.69) is 5.32 Å². The number of nitrogens with zero attached hydrogens (tertiary/aromatic N) is 1. The van der Waals surface area contributed by atoms with Crippen LogP contribution in [0.3, 0.4) is 0 Å². The lowest BCUT2D eigenvalue weighted by molar-refractivity contribution is 0.171. The fourth-order valence-electron chi connectivity index (χ4n) is 3.39. The predicted molar refractivity (Wildman–Crippen MR) is 91.5 cm³/mol. The van der Waals surface area contributed by atoms with E-state index < -0.39 is 0 Å². The van der Waals surface area contributed by atoms with Crippen molar-refractivity contribution in [1.82, 2.24) is 4.90 Å². The van der Waals surface area contributed by atoms with Crippen molar-refractivity contribution in [3.05, 3.63) is 53.8 Å². The molecule has 0 aromatic heterocycles. The summed E-state index contributed by atoms with van der Waals surface area (Å²) in [6.07, 6.45) is 1.61. The number of hydrogen-bond acceptors (Lipinski definition) is 3. The number of carbonyl (C=O) groups is 1. The summed E-state index contributed by atoms with van der Waals surface area (Å²) in [5.74, 6) is 1.03. The average Bonchev–Trinajstić information content (AvgIpc) is 3.11. The second kappa shape index (κ2) is 6.63. The number of hydrogen-bond donors (Lipinski definition) is 1. The lowest BCUT2D eigenvalue weighted by atomic mass is 10.0. The van der Waals surface area contributed by atoms with Gasteiger partial charge in [0, 0.05) is 23.9 Å². The zero-order valence-electron chi connectivity index (χ0n) is 13.7. The predicted octanol–water partition coefficient (Wildman–Crippen LogP) is 3.97. The molecule has 0 saturated carbocycles. The maximum absolute atomic E-state index is 14.1. The standard InChI is InChI=1S/C19H19FN2O3/c20-15-5-2-1-4-14(15)16-6-3-9-22(16)19(23)21-13-7-8-17-18(12-13)25-11-10-24-17/h1-2,4-5,7-8,12,16H,3,6,9-11H2,(H,21,23). The molecule has 0 spiro atoms. The van der Waals surface area contributed by atoms with Crippen molar-refractivity contribution in [3.63, 3.8) is 0 Å². The Morgan fingerprint density at radius 1 is 1.12 bits per heavy atom. The van der Waals surface area contributed by atoms with Gasteiger partial charge < -0.3 is 19.7 Å². The lowest BCUT2D eigenvalue weighted by Crippen LogP contribution is -2.34. The van der Waals surface area contributed by atoms with Crippen molar-refractivity contribution >= 4 is 11.7 Å². The molecular formula is C19H19FN2O3. The first-order valence-corrected chi connectivity index (χ1v) is 8.44. The Morgan fingerprint density at radius 2 is 1.92 bits per heavy atom. The van der Waals surface area contributed by atoms with Crippen molar-refractivity contribution in [3.8, 4) is 11.5 Å². The Morgan fingerprint density at radius 3 is 2.76 bits per heavy atom. The van der Waals surface area contributed by atoms with Crippen LogP contribution in [-0.2, 0) is 0 Å². The highest BCUT2D eigenvalue weighted by Crippen LogP contribution is 2.35. The first-order valence-electron chi connectivity index (χ1n) is 8.44. The third kappa shape index (κ3) is 3.12. The molecule has 2 aliphatic heterocycles. The average molecular weight is 342 g/mol. The second-order valence-electron chi connectivity index (χ2n) is 6.16. The Hall–Kier alpha value is -2.76. The van der Waals surface area contributed by atoms with Gasteiger partial charge in [0.1, 0.15) is 19.0 Å². The van der Waals surface area contributed by atoms with Crippen LogP contribution in [0.2, 0.25) is 0 Å². The van der Waals surface area contributed by atoms with E-state index >= 15 is 0 Å². The summed E-state index contributed by atoms with van der Waals surface area (Å²) < 4.78 is 25.1. The molecule has 5 nitrogen and oxygen atoms in total. The molecule has 1 unspecified atom stereocenters. The van der Waals surface area contributed by atoms with Gasteiger partial charge in [0.15, 0.2) is 11.5 Å². The van der Waals surface area contributed by atoms with Gasteiger partial charge in [-0.2, -0.15) is 0 Å².